The van der Waals surface area contributed by atoms with Crippen molar-refractivity contribution in [2.45, 2.75) is 13.3 Å². The van der Waals surface area contributed by atoms with E-state index < -0.39 is 10.0 Å². The summed E-state index contributed by atoms with van der Waals surface area (Å²) >= 11 is 0. The molecule has 2 aromatic carbocycles. The lowest BCUT2D eigenvalue weighted by Crippen LogP contribution is -2.25. The van der Waals surface area contributed by atoms with Crippen LogP contribution in [0.1, 0.15) is 12.0 Å². The van der Waals surface area contributed by atoms with Gasteiger partial charge in [0.25, 0.3) is 5.91 Å². The van der Waals surface area contributed by atoms with Gasteiger partial charge in [0.15, 0.2) is 18.1 Å². The minimum atomic E-state index is -3.27. The molecule has 0 atom stereocenters. The maximum absolute atomic E-state index is 12.3. The molecule has 1 aliphatic heterocycles. The maximum Gasteiger partial charge on any atom is 0.262 e. The molecule has 1 aliphatic rings. The van der Waals surface area contributed by atoms with E-state index in [-0.39, 0.29) is 18.3 Å². The SMILES string of the molecule is COc1ccccc1OCC(=O)Nc1cc(N2CCCS2(=O)=O)ccc1C. The van der Waals surface area contributed by atoms with Crippen molar-refractivity contribution in [1.29, 1.82) is 0 Å². The van der Waals surface area contributed by atoms with E-state index in [9.17, 15) is 13.2 Å². The van der Waals surface area contributed by atoms with E-state index in [1.165, 1.54) is 11.4 Å². The molecule has 8 heteroatoms. The van der Waals surface area contributed by atoms with Gasteiger partial charge in [-0.15, -0.1) is 0 Å². The fourth-order valence-corrected chi connectivity index (χ4v) is 4.45. The van der Waals surface area contributed by atoms with Gasteiger partial charge < -0.3 is 14.8 Å². The van der Waals surface area contributed by atoms with Crippen LogP contribution in [-0.4, -0.2) is 40.3 Å². The highest BCUT2D eigenvalue weighted by molar-refractivity contribution is 7.93. The smallest absolute Gasteiger partial charge is 0.262 e. The van der Waals surface area contributed by atoms with Crippen LogP contribution in [0.15, 0.2) is 42.5 Å². The Hall–Kier alpha value is -2.74. The Bertz CT molecular complexity index is 943. The molecular formula is C19H22N2O5S. The number of carbonyl (C=O) groups is 1. The predicted octanol–water partition coefficient (Wildman–Crippen LogP) is 2.56. The van der Waals surface area contributed by atoms with Crippen molar-refractivity contribution in [1.82, 2.24) is 0 Å². The van der Waals surface area contributed by atoms with Crippen molar-refractivity contribution in [3.63, 3.8) is 0 Å². The standard InChI is InChI=1S/C19H22N2O5S/c1-14-8-9-15(21-10-5-11-27(21,23)24)12-16(14)20-19(22)13-26-18-7-4-3-6-17(18)25-2/h3-4,6-9,12H,5,10-11,13H2,1-2H3,(H,20,22). The van der Waals surface area contributed by atoms with E-state index >= 15 is 0 Å². The second-order valence-corrected chi connectivity index (χ2v) is 8.24. The summed E-state index contributed by atoms with van der Waals surface area (Å²) in [7, 11) is -1.74. The first-order valence-electron chi connectivity index (χ1n) is 8.57. The number of para-hydroxylation sites is 2. The third-order valence-electron chi connectivity index (χ3n) is 4.31. The van der Waals surface area contributed by atoms with Crippen LogP contribution in [0.2, 0.25) is 0 Å². The van der Waals surface area contributed by atoms with Gasteiger partial charge in [-0.3, -0.25) is 9.10 Å². The third-order valence-corrected chi connectivity index (χ3v) is 6.18. The summed E-state index contributed by atoms with van der Waals surface area (Å²) in [5, 5.41) is 2.78. The van der Waals surface area contributed by atoms with Crippen molar-refractivity contribution in [2.75, 3.05) is 35.6 Å². The third kappa shape index (κ3) is 4.33. The molecule has 0 bridgehead atoms. The summed E-state index contributed by atoms with van der Waals surface area (Å²) in [6.07, 6.45) is 0.602. The fourth-order valence-electron chi connectivity index (χ4n) is 2.90. The van der Waals surface area contributed by atoms with Crippen molar-refractivity contribution < 1.29 is 22.7 Å². The molecule has 1 amide bonds. The highest BCUT2D eigenvalue weighted by Gasteiger charge is 2.28. The van der Waals surface area contributed by atoms with Crippen LogP contribution >= 0.6 is 0 Å². The molecule has 0 saturated carbocycles. The largest absolute Gasteiger partial charge is 0.493 e. The minimum absolute atomic E-state index is 0.148. The molecule has 1 heterocycles. The highest BCUT2D eigenvalue weighted by Crippen LogP contribution is 2.29. The van der Waals surface area contributed by atoms with Crippen molar-refractivity contribution in [2.24, 2.45) is 0 Å². The van der Waals surface area contributed by atoms with Gasteiger partial charge in [-0.25, -0.2) is 8.42 Å². The van der Waals surface area contributed by atoms with Crippen LogP contribution in [0.25, 0.3) is 0 Å². The van der Waals surface area contributed by atoms with Gasteiger partial charge in [0.2, 0.25) is 10.0 Å². The van der Waals surface area contributed by atoms with Gasteiger partial charge in [-0.1, -0.05) is 18.2 Å². The Morgan fingerprint density at radius 2 is 1.93 bits per heavy atom. The zero-order valence-corrected chi connectivity index (χ0v) is 16.1. The second kappa shape index (κ2) is 7.87. The number of anilines is 2. The zero-order chi connectivity index (χ0) is 19.4. The molecule has 7 nitrogen and oxygen atoms in total. The van der Waals surface area contributed by atoms with Crippen LogP contribution < -0.4 is 19.1 Å². The normalized spacial score (nSPS) is 15.4. The molecule has 1 N–H and O–H groups in total. The van der Waals surface area contributed by atoms with Gasteiger partial charge >= 0.3 is 0 Å². The van der Waals surface area contributed by atoms with E-state index in [4.69, 9.17) is 9.47 Å². The van der Waals surface area contributed by atoms with Crippen LogP contribution in [-0.2, 0) is 14.8 Å². The summed E-state index contributed by atoms with van der Waals surface area (Å²) in [6.45, 7) is 2.11. The molecule has 27 heavy (non-hydrogen) atoms. The molecule has 2 aromatic rings. The highest BCUT2D eigenvalue weighted by atomic mass is 32.2. The monoisotopic (exact) mass is 390 g/mol. The first kappa shape index (κ1) is 19.0. The molecule has 3 rings (SSSR count). The van der Waals surface area contributed by atoms with E-state index in [0.29, 0.717) is 35.8 Å². The number of benzene rings is 2. The minimum Gasteiger partial charge on any atom is -0.493 e. The quantitative estimate of drug-likeness (QED) is 0.819. The Labute approximate surface area is 158 Å². The van der Waals surface area contributed by atoms with Gasteiger partial charge in [0.1, 0.15) is 0 Å². The Balaban J connectivity index is 1.69. The van der Waals surface area contributed by atoms with Crippen molar-refractivity contribution in [3.8, 4) is 11.5 Å². The maximum atomic E-state index is 12.3. The van der Waals surface area contributed by atoms with Crippen LogP contribution in [0.5, 0.6) is 11.5 Å². The number of aryl methyl sites for hydroxylation is 1. The van der Waals surface area contributed by atoms with E-state index in [1.807, 2.05) is 13.0 Å². The van der Waals surface area contributed by atoms with Gasteiger partial charge in [-0.05, 0) is 43.2 Å². The molecule has 0 aliphatic carbocycles. The first-order valence-corrected chi connectivity index (χ1v) is 10.2. The van der Waals surface area contributed by atoms with Gasteiger partial charge in [0, 0.05) is 12.2 Å². The summed E-state index contributed by atoms with van der Waals surface area (Å²) in [5.41, 5.74) is 1.95. The summed E-state index contributed by atoms with van der Waals surface area (Å²) in [5.74, 6) is 0.826. The Kier molecular flexibility index (Phi) is 5.55. The number of nitrogens with one attached hydrogen (secondary N) is 1. The number of ether oxygens (including phenoxy) is 2. The number of rotatable bonds is 6. The average Bonchev–Trinajstić information content (AvgIpc) is 3.01. The topological polar surface area (TPSA) is 84.9 Å². The number of hydrogen-bond donors (Lipinski definition) is 1. The van der Waals surface area contributed by atoms with E-state index in [1.54, 1.807) is 36.4 Å². The number of sulfonamides is 1. The fraction of sp³-hybridized carbons (Fsp3) is 0.316. The molecule has 1 saturated heterocycles. The van der Waals surface area contributed by atoms with Crippen LogP contribution in [0.4, 0.5) is 11.4 Å². The number of carbonyl (C=O) groups excluding carboxylic acids is 1. The van der Waals surface area contributed by atoms with E-state index in [0.717, 1.165) is 5.56 Å². The van der Waals surface area contributed by atoms with Crippen LogP contribution in [0, 0.1) is 6.92 Å². The number of methoxy groups -OCH3 is 1. The molecule has 1 fully saturated rings. The lowest BCUT2D eigenvalue weighted by molar-refractivity contribution is -0.118. The average molecular weight is 390 g/mol. The van der Waals surface area contributed by atoms with Crippen molar-refractivity contribution >= 4 is 27.3 Å². The molecular weight excluding hydrogens is 368 g/mol. The molecule has 0 spiro atoms. The number of amides is 1. The summed E-state index contributed by atoms with van der Waals surface area (Å²) in [6, 6.07) is 12.3. The Morgan fingerprint density at radius 3 is 2.59 bits per heavy atom. The first-order chi connectivity index (χ1) is 12.9. The molecule has 0 aromatic heterocycles. The lowest BCUT2D eigenvalue weighted by atomic mass is 10.1. The van der Waals surface area contributed by atoms with Gasteiger partial charge in [0.05, 0.1) is 18.6 Å². The van der Waals surface area contributed by atoms with Gasteiger partial charge in [-0.2, -0.15) is 0 Å². The summed E-state index contributed by atoms with van der Waals surface area (Å²) in [4.78, 5) is 12.3. The molecule has 144 valence electrons. The number of hydrogen-bond acceptors (Lipinski definition) is 5. The second-order valence-electron chi connectivity index (χ2n) is 6.23. The van der Waals surface area contributed by atoms with Crippen LogP contribution in [0.3, 0.4) is 0 Å². The number of nitrogens with zero attached hydrogens (tertiary/aromatic N) is 1. The Morgan fingerprint density at radius 1 is 1.19 bits per heavy atom. The van der Waals surface area contributed by atoms with E-state index in [2.05, 4.69) is 5.32 Å². The summed E-state index contributed by atoms with van der Waals surface area (Å²) < 4.78 is 36.3. The zero-order valence-electron chi connectivity index (χ0n) is 15.3. The molecule has 0 radical (unpaired) electrons. The molecule has 0 unspecified atom stereocenters. The predicted molar refractivity (Wildman–Crippen MR) is 104 cm³/mol. The lowest BCUT2D eigenvalue weighted by Gasteiger charge is -2.19. The van der Waals surface area contributed by atoms with Crippen molar-refractivity contribution in [3.05, 3.63) is 48.0 Å².